The molecule has 0 spiro atoms. The zero-order valence-electron chi connectivity index (χ0n) is 30.0. The Morgan fingerprint density at radius 1 is 0.882 bits per heavy atom. The Bertz CT molecular complexity index is 2240. The van der Waals surface area contributed by atoms with Gasteiger partial charge in [-0.1, -0.05) is 94.4 Å². The van der Waals surface area contributed by atoms with E-state index in [-0.39, 0.29) is 23.9 Å². The first-order valence-corrected chi connectivity index (χ1v) is 18.6. The molecule has 0 saturated carbocycles. The molecular formula is C44H46N6O. The summed E-state index contributed by atoms with van der Waals surface area (Å²) in [7, 11) is 2.19. The minimum Gasteiger partial charge on any atom is -0.454 e. The second-order valence-electron chi connectivity index (χ2n) is 14.3. The van der Waals surface area contributed by atoms with Gasteiger partial charge in [0, 0.05) is 59.3 Å². The number of rotatable bonds is 6. The Morgan fingerprint density at radius 3 is 2.47 bits per heavy atom. The van der Waals surface area contributed by atoms with Crippen LogP contribution < -0.4 is 20.0 Å². The number of para-hydroxylation sites is 2. The third-order valence-electron chi connectivity index (χ3n) is 11.9. The first-order chi connectivity index (χ1) is 25.0. The van der Waals surface area contributed by atoms with E-state index in [2.05, 4.69) is 150 Å². The zero-order valence-corrected chi connectivity index (χ0v) is 30.0. The van der Waals surface area contributed by atoms with Crippen molar-refractivity contribution in [3.05, 3.63) is 133 Å². The van der Waals surface area contributed by atoms with E-state index in [4.69, 9.17) is 16.0 Å². The molecule has 3 atom stereocenters. The zero-order chi connectivity index (χ0) is 34.9. The van der Waals surface area contributed by atoms with Crippen LogP contribution in [0.1, 0.15) is 63.1 Å². The fourth-order valence-corrected chi connectivity index (χ4v) is 9.23. The number of furan rings is 1. The third kappa shape index (κ3) is 4.53. The smallest absolute Gasteiger partial charge is 0.161 e. The Kier molecular flexibility index (Phi) is 7.49. The van der Waals surface area contributed by atoms with E-state index >= 15 is 0 Å². The van der Waals surface area contributed by atoms with Crippen molar-refractivity contribution in [1.82, 2.24) is 10.2 Å². The monoisotopic (exact) mass is 674 g/mol. The number of likely N-dealkylation sites (N-methyl/N-ethyl adjacent to an activating group) is 1. The largest absolute Gasteiger partial charge is 0.454 e. The molecule has 1 N–H and O–H groups in total. The van der Waals surface area contributed by atoms with E-state index in [1.165, 1.54) is 24.0 Å². The fourth-order valence-electron chi connectivity index (χ4n) is 9.23. The molecule has 4 aliphatic heterocycles. The van der Waals surface area contributed by atoms with Crippen molar-refractivity contribution in [2.45, 2.75) is 76.8 Å². The molecular weight excluding hydrogens is 629 g/mol. The van der Waals surface area contributed by atoms with Crippen molar-refractivity contribution in [2.24, 2.45) is 4.99 Å². The van der Waals surface area contributed by atoms with Gasteiger partial charge in [0.15, 0.2) is 17.6 Å². The van der Waals surface area contributed by atoms with Gasteiger partial charge in [0.2, 0.25) is 0 Å². The lowest BCUT2D eigenvalue weighted by atomic mass is 9.67. The highest BCUT2D eigenvalue weighted by atomic mass is 16.3. The molecule has 4 aliphatic rings. The molecule has 3 unspecified atom stereocenters. The number of unbranched alkanes of at least 4 members (excludes halogenated alkanes) is 1. The van der Waals surface area contributed by atoms with E-state index < -0.39 is 0 Å². The summed E-state index contributed by atoms with van der Waals surface area (Å²) in [6, 6.07) is 31.0. The molecule has 0 radical (unpaired) electrons. The van der Waals surface area contributed by atoms with E-state index in [1.54, 1.807) is 0 Å². The molecule has 5 heterocycles. The molecule has 258 valence electrons. The van der Waals surface area contributed by atoms with Crippen molar-refractivity contribution in [2.75, 3.05) is 21.7 Å². The standard InChI is InChI=1S/C44H46N6O/c1-6-9-15-30-20-21-33-34-22-23-35-38(39(34)51-37(33)28-30)48-27-26-47(5)42(48)43-49(31-16-11-10-12-17-31)40-41(46-25-24-45-40)50(43)36-19-14-13-18-32(36)29(4)44(35,7-2)8-3/h10-14,16-28,40,42-43,45H,4,6-9,15H2,1-3,5H3. The SMILES string of the molecule is C=C1c2ccccc2N2C3=NC=CNC3N(c3ccccc3)C2C2N(C)C=CN2c2c(ccc3c2oc2cc(CCCC)ccc23)C1(CC)CC. The van der Waals surface area contributed by atoms with Crippen LogP contribution in [0.4, 0.5) is 17.1 Å². The van der Waals surface area contributed by atoms with Crippen LogP contribution in [0.2, 0.25) is 0 Å². The van der Waals surface area contributed by atoms with E-state index in [1.807, 2.05) is 12.4 Å². The molecule has 7 nitrogen and oxygen atoms in total. The molecule has 9 rings (SSSR count). The lowest BCUT2D eigenvalue weighted by Crippen LogP contribution is -2.59. The number of allylic oxidation sites excluding steroid dienone is 1. The first kappa shape index (κ1) is 31.5. The topological polar surface area (TPSA) is 50.5 Å². The van der Waals surface area contributed by atoms with Crippen LogP contribution >= 0.6 is 0 Å². The van der Waals surface area contributed by atoms with E-state index in [0.717, 1.165) is 75.2 Å². The number of anilines is 3. The van der Waals surface area contributed by atoms with Gasteiger partial charge in [-0.2, -0.15) is 0 Å². The van der Waals surface area contributed by atoms with Gasteiger partial charge >= 0.3 is 0 Å². The number of hydrogen-bond acceptors (Lipinski definition) is 7. The van der Waals surface area contributed by atoms with Crippen molar-refractivity contribution >= 4 is 50.4 Å². The molecule has 0 bridgehead atoms. The van der Waals surface area contributed by atoms with Gasteiger partial charge in [0.25, 0.3) is 0 Å². The molecule has 5 aromatic rings. The molecule has 1 saturated heterocycles. The van der Waals surface area contributed by atoms with Gasteiger partial charge in [0.05, 0.1) is 11.4 Å². The highest BCUT2D eigenvalue weighted by molar-refractivity contribution is 6.12. The fraction of sp³-hybridized carbons (Fsp3) is 0.295. The maximum absolute atomic E-state index is 7.09. The third-order valence-corrected chi connectivity index (χ3v) is 11.9. The summed E-state index contributed by atoms with van der Waals surface area (Å²) in [5, 5.41) is 5.99. The summed E-state index contributed by atoms with van der Waals surface area (Å²) in [5.41, 5.74) is 9.71. The lowest BCUT2D eigenvalue weighted by Gasteiger charge is -2.47. The Morgan fingerprint density at radius 2 is 1.67 bits per heavy atom. The number of hydrogen-bond donors (Lipinski definition) is 1. The Balaban J connectivity index is 1.38. The highest BCUT2D eigenvalue weighted by Gasteiger charge is 2.54. The van der Waals surface area contributed by atoms with Gasteiger partial charge in [0.1, 0.15) is 17.9 Å². The molecule has 1 aromatic heterocycles. The molecule has 0 aliphatic carbocycles. The van der Waals surface area contributed by atoms with Crippen molar-refractivity contribution in [3.8, 4) is 0 Å². The van der Waals surface area contributed by atoms with E-state index in [9.17, 15) is 0 Å². The Labute approximate surface area is 300 Å². The van der Waals surface area contributed by atoms with Crippen LogP contribution in [0.5, 0.6) is 0 Å². The lowest BCUT2D eigenvalue weighted by molar-refractivity contribution is 0.304. The van der Waals surface area contributed by atoms with Crippen LogP contribution in [0, 0.1) is 0 Å². The maximum Gasteiger partial charge on any atom is 0.161 e. The number of benzene rings is 4. The average molecular weight is 675 g/mol. The predicted molar refractivity (Wildman–Crippen MR) is 212 cm³/mol. The van der Waals surface area contributed by atoms with Gasteiger partial charge in [-0.25, -0.2) is 4.99 Å². The van der Waals surface area contributed by atoms with Crippen molar-refractivity contribution in [1.29, 1.82) is 0 Å². The summed E-state index contributed by atoms with van der Waals surface area (Å²) >= 11 is 0. The van der Waals surface area contributed by atoms with Gasteiger partial charge in [-0.3, -0.25) is 0 Å². The van der Waals surface area contributed by atoms with Crippen molar-refractivity contribution < 1.29 is 4.42 Å². The minimum atomic E-state index is -0.359. The molecule has 51 heavy (non-hydrogen) atoms. The molecule has 7 heteroatoms. The normalized spacial score (nSPS) is 21.7. The summed E-state index contributed by atoms with van der Waals surface area (Å²) in [4.78, 5) is 14.9. The minimum absolute atomic E-state index is 0.149. The number of nitrogens with one attached hydrogen (secondary N) is 1. The van der Waals surface area contributed by atoms with Crippen LogP contribution in [0.15, 0.2) is 126 Å². The highest BCUT2D eigenvalue weighted by Crippen LogP contribution is 2.54. The Hall–Kier alpha value is -5.43. The number of nitrogens with zero attached hydrogens (tertiary/aromatic N) is 5. The van der Waals surface area contributed by atoms with Crippen molar-refractivity contribution in [3.63, 3.8) is 0 Å². The van der Waals surface area contributed by atoms with Gasteiger partial charge in [-0.05, 0) is 66.6 Å². The molecule has 4 aromatic carbocycles. The summed E-state index contributed by atoms with van der Waals surface area (Å²) in [6.45, 7) is 11.9. The van der Waals surface area contributed by atoms with Crippen LogP contribution in [-0.4, -0.2) is 36.3 Å². The van der Waals surface area contributed by atoms with Gasteiger partial charge in [-0.15, -0.1) is 0 Å². The number of fused-ring (bicyclic) bond motifs is 13. The summed E-state index contributed by atoms with van der Waals surface area (Å²) in [5.74, 6) is 0.966. The second-order valence-corrected chi connectivity index (χ2v) is 14.3. The maximum atomic E-state index is 7.09. The first-order valence-electron chi connectivity index (χ1n) is 18.6. The number of aliphatic imine (C=N–C) groups is 1. The second kappa shape index (κ2) is 12.1. The summed E-state index contributed by atoms with van der Waals surface area (Å²) < 4.78 is 7.09. The molecule has 0 amide bonds. The van der Waals surface area contributed by atoms with Gasteiger partial charge < -0.3 is 29.3 Å². The predicted octanol–water partition coefficient (Wildman–Crippen LogP) is 9.71. The number of aryl methyl sites for hydroxylation is 1. The average Bonchev–Trinajstić information content (AvgIpc) is 3.84. The molecule has 1 fully saturated rings. The van der Waals surface area contributed by atoms with Crippen LogP contribution in [0.3, 0.4) is 0 Å². The number of amidine groups is 1. The van der Waals surface area contributed by atoms with E-state index in [0.29, 0.717) is 0 Å². The quantitative estimate of drug-likeness (QED) is 0.194. The summed E-state index contributed by atoms with van der Waals surface area (Å²) in [6.07, 6.45) is 13.0. The van der Waals surface area contributed by atoms with Crippen LogP contribution in [-0.2, 0) is 11.8 Å². The van der Waals surface area contributed by atoms with Crippen LogP contribution in [0.25, 0.3) is 27.5 Å².